The van der Waals surface area contributed by atoms with Crippen molar-refractivity contribution in [3.05, 3.63) is 29.6 Å². The highest BCUT2D eigenvalue weighted by Gasteiger charge is 2.34. The molecule has 5 nitrogen and oxygen atoms in total. The molecule has 2 amide bonds. The maximum atomic E-state index is 13.6. The minimum absolute atomic E-state index is 0.0216. The quantitative estimate of drug-likeness (QED) is 0.783. The number of carboxylic acids is 1. The summed E-state index contributed by atoms with van der Waals surface area (Å²) in [7, 11) is 0. The Bertz CT molecular complexity index is 510. The molecule has 0 spiro atoms. The van der Waals surface area contributed by atoms with Gasteiger partial charge in [-0.25, -0.2) is 14.1 Å². The smallest absolute Gasteiger partial charge is 0.337 e. The van der Waals surface area contributed by atoms with Gasteiger partial charge in [0.05, 0.1) is 5.56 Å². The lowest BCUT2D eigenvalue weighted by Crippen LogP contribution is -2.31. The van der Waals surface area contributed by atoms with Crippen LogP contribution in [0, 0.1) is 5.82 Å². The number of carboxylic acid groups (broad SMARTS) is 1. The van der Waals surface area contributed by atoms with E-state index in [1.54, 1.807) is 0 Å². The summed E-state index contributed by atoms with van der Waals surface area (Å²) < 4.78 is 13.6. The van der Waals surface area contributed by atoms with E-state index >= 15 is 0 Å². The summed E-state index contributed by atoms with van der Waals surface area (Å²) >= 11 is 0. The first-order valence-corrected chi connectivity index (χ1v) is 4.90. The Morgan fingerprint density at radius 2 is 1.82 bits per heavy atom. The number of rotatable bonds is 2. The highest BCUT2D eigenvalue weighted by Crippen LogP contribution is 2.29. The molecule has 88 valence electrons. The second kappa shape index (κ2) is 3.97. The normalized spacial score (nSPS) is 15.5. The monoisotopic (exact) mass is 237 g/mol. The fourth-order valence-electron chi connectivity index (χ4n) is 1.74. The number of halogens is 1. The van der Waals surface area contributed by atoms with Gasteiger partial charge in [-0.05, 0) is 12.1 Å². The van der Waals surface area contributed by atoms with Crippen LogP contribution in [0.3, 0.4) is 0 Å². The molecule has 0 aromatic heterocycles. The second-order valence-corrected chi connectivity index (χ2v) is 3.56. The van der Waals surface area contributed by atoms with Gasteiger partial charge < -0.3 is 5.11 Å². The van der Waals surface area contributed by atoms with E-state index in [1.807, 2.05) is 0 Å². The topological polar surface area (TPSA) is 74.7 Å². The molecule has 1 saturated heterocycles. The number of benzene rings is 1. The molecule has 0 atom stereocenters. The van der Waals surface area contributed by atoms with Gasteiger partial charge in [-0.1, -0.05) is 6.07 Å². The third kappa shape index (κ3) is 1.77. The number of carbonyl (C=O) groups is 3. The SMILES string of the molecule is O=C(O)c1cccc(F)c1N1C(=O)CCC1=O. The van der Waals surface area contributed by atoms with Crippen LogP contribution in [0.5, 0.6) is 0 Å². The number of hydrogen-bond donors (Lipinski definition) is 1. The molecular weight excluding hydrogens is 229 g/mol. The summed E-state index contributed by atoms with van der Waals surface area (Å²) in [6.45, 7) is 0. The lowest BCUT2D eigenvalue weighted by Gasteiger charge is -2.16. The predicted molar refractivity (Wildman–Crippen MR) is 55.1 cm³/mol. The lowest BCUT2D eigenvalue weighted by molar-refractivity contribution is -0.121. The first kappa shape index (κ1) is 11.3. The van der Waals surface area contributed by atoms with Crippen LogP contribution in [0.1, 0.15) is 23.2 Å². The van der Waals surface area contributed by atoms with E-state index in [1.165, 1.54) is 6.07 Å². The predicted octanol–water partition coefficient (Wildman–Crippen LogP) is 1.18. The minimum atomic E-state index is -1.38. The van der Waals surface area contributed by atoms with Crippen molar-refractivity contribution in [1.82, 2.24) is 0 Å². The molecule has 1 N–H and O–H groups in total. The molecule has 2 rings (SSSR count). The van der Waals surface area contributed by atoms with E-state index < -0.39 is 34.9 Å². The van der Waals surface area contributed by atoms with Crippen LogP contribution >= 0.6 is 0 Å². The number of anilines is 1. The van der Waals surface area contributed by atoms with Crippen molar-refractivity contribution in [2.24, 2.45) is 0 Å². The maximum absolute atomic E-state index is 13.6. The van der Waals surface area contributed by atoms with E-state index in [4.69, 9.17) is 5.11 Å². The maximum Gasteiger partial charge on any atom is 0.337 e. The Kier molecular flexibility index (Phi) is 2.63. The molecule has 1 aliphatic heterocycles. The Morgan fingerprint density at radius 1 is 1.24 bits per heavy atom. The largest absolute Gasteiger partial charge is 0.478 e. The number of para-hydroxylation sites is 1. The number of aromatic carboxylic acids is 1. The van der Waals surface area contributed by atoms with Gasteiger partial charge in [0.2, 0.25) is 11.8 Å². The van der Waals surface area contributed by atoms with Crippen LogP contribution in [0.25, 0.3) is 0 Å². The van der Waals surface area contributed by atoms with E-state index in [0.717, 1.165) is 12.1 Å². The number of carbonyl (C=O) groups excluding carboxylic acids is 2. The first-order chi connectivity index (χ1) is 8.02. The molecule has 1 aromatic carbocycles. The zero-order chi connectivity index (χ0) is 12.6. The Hall–Kier alpha value is -2.24. The summed E-state index contributed by atoms with van der Waals surface area (Å²) in [5.41, 5.74) is -0.860. The third-order valence-corrected chi connectivity index (χ3v) is 2.49. The van der Waals surface area contributed by atoms with Gasteiger partial charge in [-0.15, -0.1) is 0 Å². The van der Waals surface area contributed by atoms with E-state index in [9.17, 15) is 18.8 Å². The van der Waals surface area contributed by atoms with Gasteiger partial charge in [0, 0.05) is 12.8 Å². The lowest BCUT2D eigenvalue weighted by atomic mass is 10.1. The van der Waals surface area contributed by atoms with Crippen molar-refractivity contribution in [2.45, 2.75) is 12.8 Å². The number of amides is 2. The summed E-state index contributed by atoms with van der Waals surface area (Å²) in [6.07, 6.45) is -0.0432. The second-order valence-electron chi connectivity index (χ2n) is 3.56. The molecule has 17 heavy (non-hydrogen) atoms. The average Bonchev–Trinajstić information content (AvgIpc) is 2.59. The van der Waals surface area contributed by atoms with Gasteiger partial charge in [-0.2, -0.15) is 0 Å². The summed E-state index contributed by atoms with van der Waals surface area (Å²) in [5, 5.41) is 8.91. The van der Waals surface area contributed by atoms with Crippen molar-refractivity contribution < 1.29 is 23.9 Å². The summed E-state index contributed by atoms with van der Waals surface area (Å²) in [4.78, 5) is 34.5. The van der Waals surface area contributed by atoms with Gasteiger partial charge in [0.1, 0.15) is 11.5 Å². The zero-order valence-electron chi connectivity index (χ0n) is 8.64. The van der Waals surface area contributed by atoms with Crippen molar-refractivity contribution in [1.29, 1.82) is 0 Å². The van der Waals surface area contributed by atoms with E-state index in [2.05, 4.69) is 0 Å². The molecule has 1 aromatic rings. The molecule has 0 aliphatic carbocycles. The van der Waals surface area contributed by atoms with Crippen LogP contribution in [-0.2, 0) is 9.59 Å². The van der Waals surface area contributed by atoms with Gasteiger partial charge in [-0.3, -0.25) is 9.59 Å². The first-order valence-electron chi connectivity index (χ1n) is 4.90. The van der Waals surface area contributed by atoms with E-state index in [0.29, 0.717) is 4.90 Å². The molecule has 0 saturated carbocycles. The average molecular weight is 237 g/mol. The van der Waals surface area contributed by atoms with Crippen LogP contribution in [-0.4, -0.2) is 22.9 Å². The molecule has 6 heteroatoms. The number of hydrogen-bond acceptors (Lipinski definition) is 3. The van der Waals surface area contributed by atoms with Crippen molar-refractivity contribution in [2.75, 3.05) is 4.90 Å². The Morgan fingerprint density at radius 3 is 2.35 bits per heavy atom. The molecule has 1 aliphatic rings. The van der Waals surface area contributed by atoms with Crippen LogP contribution in [0.4, 0.5) is 10.1 Å². The fourth-order valence-corrected chi connectivity index (χ4v) is 1.74. The van der Waals surface area contributed by atoms with Crippen LogP contribution < -0.4 is 4.90 Å². The fraction of sp³-hybridized carbons (Fsp3) is 0.182. The molecule has 0 unspecified atom stereocenters. The molecular formula is C11H8FNO4. The number of imide groups is 1. The third-order valence-electron chi connectivity index (χ3n) is 2.49. The Balaban J connectivity index is 2.61. The molecule has 0 radical (unpaired) electrons. The number of nitrogens with zero attached hydrogens (tertiary/aromatic N) is 1. The standard InChI is InChI=1S/C11H8FNO4/c12-7-3-1-2-6(11(16)17)10(7)13-8(14)4-5-9(13)15/h1-3H,4-5H2,(H,16,17). The minimum Gasteiger partial charge on any atom is -0.478 e. The van der Waals surface area contributed by atoms with Crippen molar-refractivity contribution in [3.8, 4) is 0 Å². The van der Waals surface area contributed by atoms with E-state index in [-0.39, 0.29) is 12.8 Å². The highest BCUT2D eigenvalue weighted by atomic mass is 19.1. The highest BCUT2D eigenvalue weighted by molar-refractivity contribution is 6.21. The Labute approximate surface area is 95.5 Å². The van der Waals surface area contributed by atoms with Crippen LogP contribution in [0.2, 0.25) is 0 Å². The summed E-state index contributed by atoms with van der Waals surface area (Å²) in [5.74, 6) is -3.44. The van der Waals surface area contributed by atoms with Gasteiger partial charge >= 0.3 is 5.97 Å². The van der Waals surface area contributed by atoms with Gasteiger partial charge in [0.15, 0.2) is 0 Å². The summed E-state index contributed by atoms with van der Waals surface area (Å²) in [6, 6.07) is 3.38. The molecule has 0 bridgehead atoms. The molecule has 1 fully saturated rings. The van der Waals surface area contributed by atoms with Gasteiger partial charge in [0.25, 0.3) is 0 Å². The van der Waals surface area contributed by atoms with Crippen molar-refractivity contribution >= 4 is 23.5 Å². The van der Waals surface area contributed by atoms with Crippen LogP contribution in [0.15, 0.2) is 18.2 Å². The van der Waals surface area contributed by atoms with Crippen molar-refractivity contribution in [3.63, 3.8) is 0 Å². The molecule has 1 heterocycles. The zero-order valence-corrected chi connectivity index (χ0v) is 8.64.